The number of carbonyl (C=O) groups is 2. The molecule has 1 N–H and O–H groups in total. The maximum absolute atomic E-state index is 15.2. The highest BCUT2D eigenvalue weighted by molar-refractivity contribution is 5.80. The van der Waals surface area contributed by atoms with Crippen LogP contribution in [0.25, 0.3) is 17.0 Å². The first kappa shape index (κ1) is 38.5. The third-order valence-electron chi connectivity index (χ3n) is 11.1. The van der Waals surface area contributed by atoms with Crippen molar-refractivity contribution in [1.82, 2.24) is 19.3 Å². The molecule has 53 heavy (non-hydrogen) atoms. The Morgan fingerprint density at radius 1 is 0.962 bits per heavy atom. The molecule has 0 spiro atoms. The number of nitrogens with zero attached hydrogens (tertiary/aromatic N) is 5. The predicted molar refractivity (Wildman–Crippen MR) is 207 cm³/mol. The van der Waals surface area contributed by atoms with Crippen molar-refractivity contribution in [2.24, 2.45) is 18.9 Å². The minimum absolute atomic E-state index is 0.0684. The Hall–Kier alpha value is -4.19. The summed E-state index contributed by atoms with van der Waals surface area (Å²) in [5, 5.41) is 12.0. The van der Waals surface area contributed by atoms with E-state index in [0.29, 0.717) is 31.5 Å². The lowest BCUT2D eigenvalue weighted by molar-refractivity contribution is -0.151. The van der Waals surface area contributed by atoms with Crippen LogP contribution in [0, 0.1) is 17.7 Å². The number of benzene rings is 2. The largest absolute Gasteiger partial charge is 0.457 e. The average Bonchev–Trinajstić information content (AvgIpc) is 3.50. The third-order valence-corrected chi connectivity index (χ3v) is 11.1. The number of carbonyl (C=O) groups excluding carboxylic acids is 2. The van der Waals surface area contributed by atoms with E-state index in [0.717, 1.165) is 57.1 Å². The zero-order valence-electron chi connectivity index (χ0n) is 31.9. The van der Waals surface area contributed by atoms with Gasteiger partial charge in [0.05, 0.1) is 12.5 Å². The highest BCUT2D eigenvalue weighted by Gasteiger charge is 2.29. The molecule has 1 aromatic heterocycles. The first-order chi connectivity index (χ1) is 25.4. The number of likely N-dealkylation sites (N-methyl/N-ethyl adjacent to an activating group) is 1. The van der Waals surface area contributed by atoms with Crippen molar-refractivity contribution >= 4 is 34.7 Å². The summed E-state index contributed by atoms with van der Waals surface area (Å²) < 4.78 is 29.3. The molecule has 11 heteroatoms. The van der Waals surface area contributed by atoms with E-state index in [1.54, 1.807) is 11.0 Å². The Bertz CT molecular complexity index is 1790. The van der Waals surface area contributed by atoms with Crippen LogP contribution >= 0.6 is 0 Å². The van der Waals surface area contributed by atoms with E-state index < -0.39 is 24.3 Å². The minimum Gasteiger partial charge on any atom is -0.457 e. The van der Waals surface area contributed by atoms with Crippen molar-refractivity contribution in [3.05, 3.63) is 83.3 Å². The predicted octanol–water partition coefficient (Wildman–Crippen LogP) is 6.08. The van der Waals surface area contributed by atoms with Crippen molar-refractivity contribution in [3.63, 3.8) is 0 Å². The van der Waals surface area contributed by atoms with Gasteiger partial charge >= 0.3 is 12.1 Å². The SMILES string of the molecule is C/C(=C\c1cc(F)cc(N2CCN(Cc3ccc4ccn(C)c4c3)CC2)c1)[C@H]1OC(=O)C[C@H](O)CC[C@H](C)[C@@H](OC(=O)N2CCN(C)CC2)/C=C/[C@@H]1C. The van der Waals surface area contributed by atoms with Crippen LogP contribution in [-0.2, 0) is 27.9 Å². The van der Waals surface area contributed by atoms with Gasteiger partial charge in [0.1, 0.15) is 18.0 Å². The lowest BCUT2D eigenvalue weighted by atomic mass is 9.91. The van der Waals surface area contributed by atoms with E-state index in [-0.39, 0.29) is 30.2 Å². The molecule has 4 heterocycles. The van der Waals surface area contributed by atoms with Gasteiger partial charge in [-0.3, -0.25) is 9.69 Å². The molecule has 2 saturated heterocycles. The number of halogens is 1. The topological polar surface area (TPSA) is 90.7 Å². The van der Waals surface area contributed by atoms with Crippen LogP contribution in [0.3, 0.4) is 0 Å². The van der Waals surface area contributed by atoms with Crippen molar-refractivity contribution in [2.75, 3.05) is 64.3 Å². The van der Waals surface area contributed by atoms with E-state index in [2.05, 4.69) is 56.8 Å². The molecular formula is C42H56FN5O5. The van der Waals surface area contributed by atoms with Gasteiger partial charge in [0.2, 0.25) is 0 Å². The second kappa shape index (κ2) is 17.3. The van der Waals surface area contributed by atoms with Gasteiger partial charge in [0, 0.05) is 89.3 Å². The number of piperazine rings is 2. The summed E-state index contributed by atoms with van der Waals surface area (Å²) >= 11 is 0. The van der Waals surface area contributed by atoms with Gasteiger partial charge in [-0.05, 0) is 91.2 Å². The minimum atomic E-state index is -0.874. The molecule has 5 atom stereocenters. The number of amides is 1. The van der Waals surface area contributed by atoms with Crippen LogP contribution < -0.4 is 4.90 Å². The lowest BCUT2D eigenvalue weighted by Crippen LogP contribution is -2.48. The van der Waals surface area contributed by atoms with E-state index >= 15 is 4.39 Å². The summed E-state index contributed by atoms with van der Waals surface area (Å²) in [6, 6.07) is 13.8. The molecule has 10 nitrogen and oxygen atoms in total. The molecule has 2 aromatic carbocycles. The molecule has 0 aliphatic carbocycles. The maximum Gasteiger partial charge on any atom is 0.410 e. The second-order valence-electron chi connectivity index (χ2n) is 15.4. The Morgan fingerprint density at radius 3 is 2.47 bits per heavy atom. The number of aromatic nitrogens is 1. The number of anilines is 1. The van der Waals surface area contributed by atoms with Crippen molar-refractivity contribution < 1.29 is 28.6 Å². The normalized spacial score (nSPS) is 26.5. The Balaban J connectivity index is 1.14. The summed E-state index contributed by atoms with van der Waals surface area (Å²) in [4.78, 5) is 34.8. The van der Waals surface area contributed by atoms with Gasteiger partial charge in [0.25, 0.3) is 0 Å². The number of hydrogen-bond acceptors (Lipinski definition) is 8. The number of cyclic esters (lactones) is 1. The van der Waals surface area contributed by atoms with Crippen LogP contribution in [0.4, 0.5) is 14.9 Å². The van der Waals surface area contributed by atoms with Crippen molar-refractivity contribution in [1.29, 1.82) is 0 Å². The zero-order chi connectivity index (χ0) is 37.6. The Labute approximate surface area is 313 Å². The van der Waals surface area contributed by atoms with Gasteiger partial charge in [0.15, 0.2) is 0 Å². The van der Waals surface area contributed by atoms with E-state index in [9.17, 15) is 14.7 Å². The Morgan fingerprint density at radius 2 is 1.72 bits per heavy atom. The molecule has 0 saturated carbocycles. The summed E-state index contributed by atoms with van der Waals surface area (Å²) in [5.41, 5.74) is 4.76. The molecule has 3 aromatic rings. The maximum atomic E-state index is 15.2. The van der Waals surface area contributed by atoms with Crippen LogP contribution in [0.2, 0.25) is 0 Å². The fourth-order valence-electron chi connectivity index (χ4n) is 7.67. The number of esters is 1. The van der Waals surface area contributed by atoms with Gasteiger partial charge in [-0.15, -0.1) is 0 Å². The summed E-state index contributed by atoms with van der Waals surface area (Å²) in [5.74, 6) is -1.16. The van der Waals surface area contributed by atoms with Gasteiger partial charge in [-0.2, -0.15) is 0 Å². The van der Waals surface area contributed by atoms with Crippen LogP contribution in [0.15, 0.2) is 66.4 Å². The standard InChI is InChI=1S/C42H56FN5O5/c1-29-6-10-37(49)27-40(50)53-41(30(2)7-11-39(29)52-42(51)48-18-14-44(4)15-19-48)31(3)22-33-23-35(43)26-36(24-33)47-20-16-46(17-21-47)28-32-8-9-34-12-13-45(5)38(34)25-32/h7-9,11-13,22-26,29-30,37,39,41,49H,6,10,14-21,27-28H2,1-5H3/b11-7+,31-22+/t29-,30-,37+,39-,41-/m0/s1. The first-order valence-electron chi connectivity index (χ1n) is 19.1. The summed E-state index contributed by atoms with van der Waals surface area (Å²) in [6.07, 6.45) is 6.24. The highest BCUT2D eigenvalue weighted by Crippen LogP contribution is 2.28. The number of rotatable bonds is 6. The molecular weight excluding hydrogens is 673 g/mol. The van der Waals surface area contributed by atoms with Crippen molar-refractivity contribution in [3.8, 4) is 0 Å². The van der Waals surface area contributed by atoms with E-state index in [1.165, 1.54) is 22.5 Å². The average molecular weight is 730 g/mol. The molecule has 0 radical (unpaired) electrons. The fraction of sp³-hybridized carbons (Fsp3) is 0.524. The highest BCUT2D eigenvalue weighted by atomic mass is 19.1. The van der Waals surface area contributed by atoms with Crippen LogP contribution in [-0.4, -0.2) is 114 Å². The number of hydrogen-bond donors (Lipinski definition) is 1. The molecule has 6 rings (SSSR count). The molecule has 3 aliphatic rings. The molecule has 286 valence electrons. The van der Waals surface area contributed by atoms with Gasteiger partial charge in [-0.1, -0.05) is 38.1 Å². The fourth-order valence-corrected chi connectivity index (χ4v) is 7.67. The van der Waals surface area contributed by atoms with Gasteiger partial charge < -0.3 is 33.8 Å². The third kappa shape index (κ3) is 10.1. The first-order valence-corrected chi connectivity index (χ1v) is 19.1. The molecule has 1 amide bonds. The smallest absolute Gasteiger partial charge is 0.410 e. The quantitative estimate of drug-likeness (QED) is 0.241. The number of aliphatic hydroxyl groups is 1. The molecule has 3 aliphatic heterocycles. The lowest BCUT2D eigenvalue weighted by Gasteiger charge is -2.36. The number of ether oxygens (including phenoxy) is 2. The molecule has 2 fully saturated rings. The molecule has 0 unspecified atom stereocenters. The number of fused-ring (bicyclic) bond motifs is 1. The molecule has 0 bridgehead atoms. The summed E-state index contributed by atoms with van der Waals surface area (Å²) in [6.45, 7) is 12.8. The van der Waals surface area contributed by atoms with E-state index in [4.69, 9.17) is 9.47 Å². The second-order valence-corrected chi connectivity index (χ2v) is 15.4. The number of aryl methyl sites for hydroxylation is 1. The summed E-state index contributed by atoms with van der Waals surface area (Å²) in [7, 11) is 4.11. The van der Waals surface area contributed by atoms with Crippen LogP contribution in [0.5, 0.6) is 0 Å². The van der Waals surface area contributed by atoms with Gasteiger partial charge in [-0.25, -0.2) is 9.18 Å². The zero-order valence-corrected chi connectivity index (χ0v) is 31.9. The Kier molecular flexibility index (Phi) is 12.6. The number of aliphatic hydroxyl groups excluding tert-OH is 1. The van der Waals surface area contributed by atoms with Crippen LogP contribution in [0.1, 0.15) is 51.2 Å². The van der Waals surface area contributed by atoms with Crippen molar-refractivity contribution in [2.45, 2.75) is 64.9 Å². The van der Waals surface area contributed by atoms with E-state index in [1.807, 2.05) is 52.1 Å². The monoisotopic (exact) mass is 729 g/mol.